The predicted octanol–water partition coefficient (Wildman–Crippen LogP) is 4.45. The molecule has 4 rings (SSSR count). The second-order valence-corrected chi connectivity index (χ2v) is 10.1. The molecule has 0 aliphatic rings. The molecule has 1 amide bonds. The summed E-state index contributed by atoms with van der Waals surface area (Å²) in [7, 11) is -2.47. The molecule has 4 aromatic rings. The van der Waals surface area contributed by atoms with Crippen LogP contribution < -0.4 is 15.4 Å². The summed E-state index contributed by atoms with van der Waals surface area (Å²) in [6, 6.07) is 10.6. The molecule has 0 saturated carbocycles. The second kappa shape index (κ2) is 10.6. The molecule has 0 saturated heterocycles. The number of carbonyl (C=O) groups is 1. The first kappa shape index (κ1) is 25.2. The summed E-state index contributed by atoms with van der Waals surface area (Å²) in [5.41, 5.74) is 0.362. The van der Waals surface area contributed by atoms with E-state index >= 15 is 0 Å². The number of amides is 1. The maximum absolute atomic E-state index is 12.8. The highest BCUT2D eigenvalue weighted by Crippen LogP contribution is 2.35. The van der Waals surface area contributed by atoms with Gasteiger partial charge in [0.1, 0.15) is 11.5 Å². The number of halogens is 1. The molecule has 13 heteroatoms. The molecule has 0 unspecified atom stereocenters. The Balaban J connectivity index is 0.00000306. The number of carbonyl (C=O) groups excluding carboxylic acids is 1. The number of thiazole rings is 1. The van der Waals surface area contributed by atoms with Gasteiger partial charge in [0.25, 0.3) is 5.91 Å². The zero-order valence-electron chi connectivity index (χ0n) is 17.0. The van der Waals surface area contributed by atoms with Crippen molar-refractivity contribution in [1.82, 2.24) is 14.5 Å². The zero-order valence-corrected chi connectivity index (χ0v) is 21.2. The number of aryl methyl sites for hydroxylation is 1. The van der Waals surface area contributed by atoms with Crippen LogP contribution in [0.4, 0.5) is 5.13 Å². The lowest BCUT2D eigenvalue weighted by atomic mass is 10.2. The van der Waals surface area contributed by atoms with Gasteiger partial charge in [-0.25, -0.2) is 9.97 Å². The van der Waals surface area contributed by atoms with Crippen LogP contribution in [0, 0.1) is 0 Å². The molecule has 0 atom stereocenters. The first-order valence-corrected chi connectivity index (χ1v) is 12.4. The highest BCUT2D eigenvalue weighted by atomic mass is 79.9. The summed E-state index contributed by atoms with van der Waals surface area (Å²) in [5, 5.41) is 5.62. The minimum Gasteiger partial charge on any atom is -0.457 e. The summed E-state index contributed by atoms with van der Waals surface area (Å²) in [6.07, 6.45) is 5.10. The van der Waals surface area contributed by atoms with Gasteiger partial charge in [-0.2, -0.15) is 0 Å². The van der Waals surface area contributed by atoms with E-state index in [0.717, 1.165) is 10.1 Å². The van der Waals surface area contributed by atoms with Crippen LogP contribution in [-0.2, 0) is 11.6 Å². The quantitative estimate of drug-likeness (QED) is 0.279. The number of nitrogens with one attached hydrogen (secondary N) is 1. The minimum atomic E-state index is -4.34. The van der Waals surface area contributed by atoms with Gasteiger partial charge in [-0.05, 0) is 42.5 Å². The van der Waals surface area contributed by atoms with E-state index < -0.39 is 7.60 Å². The number of rotatable bonds is 7. The molecular formula is C20H18BrN4O5PS2. The van der Waals surface area contributed by atoms with Crippen LogP contribution in [0.3, 0.4) is 0 Å². The molecule has 0 aliphatic heterocycles. The van der Waals surface area contributed by atoms with E-state index in [4.69, 9.17) is 4.74 Å². The van der Waals surface area contributed by atoms with Crippen molar-refractivity contribution in [3.8, 4) is 11.5 Å². The van der Waals surface area contributed by atoms with E-state index in [1.165, 1.54) is 47.4 Å². The number of benzene rings is 2. The van der Waals surface area contributed by atoms with Gasteiger partial charge in [-0.1, -0.05) is 11.8 Å². The highest BCUT2D eigenvalue weighted by Gasteiger charge is 2.17. The summed E-state index contributed by atoms with van der Waals surface area (Å²) in [4.78, 5) is 40.4. The van der Waals surface area contributed by atoms with Crippen LogP contribution in [0.1, 0.15) is 10.4 Å². The number of imidazole rings is 1. The lowest BCUT2D eigenvalue weighted by molar-refractivity contribution is 0.102. The third kappa shape index (κ3) is 6.53. The third-order valence-corrected chi connectivity index (χ3v) is 6.90. The van der Waals surface area contributed by atoms with E-state index in [9.17, 15) is 19.1 Å². The van der Waals surface area contributed by atoms with E-state index in [1.54, 1.807) is 36.0 Å². The van der Waals surface area contributed by atoms with Crippen molar-refractivity contribution < 1.29 is 23.9 Å². The van der Waals surface area contributed by atoms with Gasteiger partial charge in [0.15, 0.2) is 10.3 Å². The third-order valence-electron chi connectivity index (χ3n) is 4.19. The molecule has 0 spiro atoms. The normalized spacial score (nSPS) is 11.0. The Labute approximate surface area is 207 Å². The fourth-order valence-electron chi connectivity index (χ4n) is 2.68. The summed E-state index contributed by atoms with van der Waals surface area (Å²) in [5.74, 6) is 0.411. The number of ether oxygens (including phenoxy) is 1. The number of anilines is 1. The number of nitrogens with zero attached hydrogens (tertiary/aromatic N) is 3. The van der Waals surface area contributed by atoms with Gasteiger partial charge in [-0.3, -0.25) is 14.7 Å². The second-order valence-electron chi connectivity index (χ2n) is 6.55. The van der Waals surface area contributed by atoms with E-state index in [1.807, 2.05) is 17.8 Å². The Kier molecular flexibility index (Phi) is 8.11. The molecule has 2 aromatic heterocycles. The van der Waals surface area contributed by atoms with E-state index in [0.29, 0.717) is 22.2 Å². The van der Waals surface area contributed by atoms with Gasteiger partial charge < -0.3 is 19.1 Å². The molecule has 0 radical (unpaired) electrons. The van der Waals surface area contributed by atoms with Gasteiger partial charge in [0.2, 0.25) is 0 Å². The average molecular weight is 569 g/mol. The molecule has 9 nitrogen and oxygen atoms in total. The fraction of sp³-hybridized carbons (Fsp3) is 0.0500. The SMILES string of the molecule is Br.Cn1ccnc1Sc1cc(Oc2ccc(P(=O)(O)O)cc2)cc(C(=O)Nc2nccs2)c1. The number of aromatic nitrogens is 3. The van der Waals surface area contributed by atoms with Crippen molar-refractivity contribution in [3.63, 3.8) is 0 Å². The molecular weight excluding hydrogens is 551 g/mol. The minimum absolute atomic E-state index is 0. The first-order chi connectivity index (χ1) is 15.3. The van der Waals surface area contributed by atoms with Crippen molar-refractivity contribution in [2.75, 3.05) is 5.32 Å². The molecule has 0 aliphatic carbocycles. The van der Waals surface area contributed by atoms with Crippen LogP contribution in [0.5, 0.6) is 11.5 Å². The van der Waals surface area contributed by atoms with Crippen molar-refractivity contribution in [2.45, 2.75) is 10.1 Å². The Bertz CT molecular complexity index is 1290. The Hall–Kier alpha value is -2.47. The Morgan fingerprint density at radius 3 is 2.48 bits per heavy atom. The van der Waals surface area contributed by atoms with Crippen LogP contribution in [0.2, 0.25) is 0 Å². The van der Waals surface area contributed by atoms with Crippen molar-refractivity contribution >= 4 is 64.0 Å². The average Bonchev–Trinajstić information content (AvgIpc) is 3.39. The van der Waals surface area contributed by atoms with Crippen molar-refractivity contribution in [3.05, 3.63) is 72.0 Å². The molecule has 0 fully saturated rings. The number of hydrogen-bond donors (Lipinski definition) is 3. The van der Waals surface area contributed by atoms with Crippen molar-refractivity contribution in [1.29, 1.82) is 0 Å². The highest BCUT2D eigenvalue weighted by molar-refractivity contribution is 8.93. The van der Waals surface area contributed by atoms with Gasteiger partial charge in [-0.15, -0.1) is 28.3 Å². The topological polar surface area (TPSA) is 127 Å². The standard InChI is InChI=1S/C20H17N4O5PS2.BrH/c1-24-8-6-22-20(24)32-17-11-13(18(25)23-19-21-7-9-31-19)10-15(12-17)29-14-2-4-16(5-3-14)30(26,27)28;/h2-12H,1H3,(H,21,23,25)(H2,26,27,28);1H. The van der Waals surface area contributed by atoms with Gasteiger partial charge >= 0.3 is 7.60 Å². The van der Waals surface area contributed by atoms with Crippen LogP contribution in [-0.4, -0.2) is 30.2 Å². The van der Waals surface area contributed by atoms with Crippen LogP contribution >= 0.6 is 47.7 Å². The number of hydrogen-bond acceptors (Lipinski definition) is 7. The summed E-state index contributed by atoms with van der Waals surface area (Å²) >= 11 is 2.68. The largest absolute Gasteiger partial charge is 0.457 e. The van der Waals surface area contributed by atoms with E-state index in [-0.39, 0.29) is 28.2 Å². The lowest BCUT2D eigenvalue weighted by Gasteiger charge is -2.11. The molecule has 3 N–H and O–H groups in total. The van der Waals surface area contributed by atoms with Crippen LogP contribution in [0.15, 0.2) is 76.5 Å². The monoisotopic (exact) mass is 568 g/mol. The lowest BCUT2D eigenvalue weighted by Crippen LogP contribution is -2.12. The molecule has 2 heterocycles. The predicted molar refractivity (Wildman–Crippen MR) is 132 cm³/mol. The maximum Gasteiger partial charge on any atom is 0.356 e. The summed E-state index contributed by atoms with van der Waals surface area (Å²) in [6.45, 7) is 0. The smallest absolute Gasteiger partial charge is 0.356 e. The van der Waals surface area contributed by atoms with Gasteiger partial charge in [0, 0.05) is 41.5 Å². The van der Waals surface area contributed by atoms with Crippen LogP contribution in [0.25, 0.3) is 0 Å². The first-order valence-electron chi connectivity index (χ1n) is 9.13. The fourth-order valence-corrected chi connectivity index (χ4v) is 4.63. The van der Waals surface area contributed by atoms with E-state index in [2.05, 4.69) is 15.3 Å². The maximum atomic E-state index is 12.8. The molecule has 0 bridgehead atoms. The summed E-state index contributed by atoms with van der Waals surface area (Å²) < 4.78 is 19.1. The zero-order chi connectivity index (χ0) is 22.7. The molecule has 2 aromatic carbocycles. The Morgan fingerprint density at radius 1 is 1.12 bits per heavy atom. The van der Waals surface area contributed by atoms with Gasteiger partial charge in [0.05, 0.1) is 5.30 Å². The molecule has 172 valence electrons. The van der Waals surface area contributed by atoms with Crippen molar-refractivity contribution in [2.24, 2.45) is 7.05 Å². The molecule has 33 heavy (non-hydrogen) atoms. The Morgan fingerprint density at radius 2 is 1.88 bits per heavy atom.